The molecule has 2 aliphatic carbocycles. The highest BCUT2D eigenvalue weighted by Crippen LogP contribution is 2.59. The number of carbonyl (C=O) groups excluding carboxylic acids is 1. The number of carbonyl (C=O) groups is 1. The van der Waals surface area contributed by atoms with E-state index in [9.17, 15) is 4.79 Å². The van der Waals surface area contributed by atoms with Crippen molar-refractivity contribution in [3.63, 3.8) is 0 Å². The maximum atomic E-state index is 14.2. The average molecular weight is 460 g/mol. The van der Waals surface area contributed by atoms with Crippen molar-refractivity contribution in [2.24, 2.45) is 16.6 Å². The fourth-order valence-electron chi connectivity index (χ4n) is 8.04. The summed E-state index contributed by atoms with van der Waals surface area (Å²) in [5.74, 6) is 0.455. The molecule has 0 radical (unpaired) electrons. The number of nitrogens with one attached hydrogen (secondary N) is 1. The van der Waals surface area contributed by atoms with Crippen molar-refractivity contribution in [1.29, 1.82) is 0 Å². The molecule has 32 heavy (non-hydrogen) atoms. The lowest BCUT2D eigenvalue weighted by molar-refractivity contribution is -0.967. The molecule has 3 atom stereocenters. The van der Waals surface area contributed by atoms with Gasteiger partial charge in [0, 0.05) is 50.2 Å². The van der Waals surface area contributed by atoms with E-state index in [2.05, 4.69) is 56.0 Å². The molecule has 0 aromatic heterocycles. The summed E-state index contributed by atoms with van der Waals surface area (Å²) >= 11 is 0. The SMILES string of the molecule is CCCC[NH+]1C2CC3(C(=O)N4CC[C@H](N)C(C)(C)C4)CC1CC(c1ccccc1)(C2)C3.[Cl-]. The molecule has 4 bridgehead atoms. The summed E-state index contributed by atoms with van der Waals surface area (Å²) in [5, 5.41) is 0. The van der Waals surface area contributed by atoms with E-state index in [0.717, 1.165) is 38.8 Å². The first-order chi connectivity index (χ1) is 14.8. The van der Waals surface area contributed by atoms with E-state index in [0.29, 0.717) is 18.0 Å². The number of amides is 1. The van der Waals surface area contributed by atoms with Gasteiger partial charge in [-0.2, -0.15) is 0 Å². The summed E-state index contributed by atoms with van der Waals surface area (Å²) in [5.41, 5.74) is 7.93. The quantitative estimate of drug-likeness (QED) is 0.646. The largest absolute Gasteiger partial charge is 1.00 e. The van der Waals surface area contributed by atoms with E-state index < -0.39 is 0 Å². The van der Waals surface area contributed by atoms with Gasteiger partial charge in [-0.1, -0.05) is 57.5 Å². The number of halogens is 1. The van der Waals surface area contributed by atoms with Gasteiger partial charge in [0.05, 0.1) is 24.0 Å². The molecule has 3 saturated heterocycles. The van der Waals surface area contributed by atoms with Gasteiger partial charge in [-0.3, -0.25) is 4.79 Å². The van der Waals surface area contributed by atoms with E-state index in [1.165, 1.54) is 37.8 Å². The van der Waals surface area contributed by atoms with E-state index in [1.807, 2.05) is 4.90 Å². The van der Waals surface area contributed by atoms with Gasteiger partial charge in [-0.15, -0.1) is 0 Å². The molecule has 1 amide bonds. The van der Waals surface area contributed by atoms with Crippen molar-refractivity contribution in [3.05, 3.63) is 35.9 Å². The van der Waals surface area contributed by atoms with Crippen molar-refractivity contribution in [1.82, 2.24) is 4.90 Å². The zero-order valence-electron chi connectivity index (χ0n) is 20.2. The summed E-state index contributed by atoms with van der Waals surface area (Å²) in [6, 6.07) is 12.6. The first kappa shape index (κ1) is 24.0. The first-order valence-electron chi connectivity index (χ1n) is 12.7. The lowest BCUT2D eigenvalue weighted by Gasteiger charge is -2.64. The summed E-state index contributed by atoms with van der Waals surface area (Å²) in [6.45, 7) is 9.71. The molecule has 5 heteroatoms. The second-order valence-corrected chi connectivity index (χ2v) is 12.1. The Labute approximate surface area is 200 Å². The molecule has 2 unspecified atom stereocenters. The molecule has 1 aromatic rings. The lowest BCUT2D eigenvalue weighted by atomic mass is 9.47. The van der Waals surface area contributed by atoms with Crippen LogP contribution in [0.1, 0.15) is 77.7 Å². The predicted molar refractivity (Wildman–Crippen MR) is 125 cm³/mol. The molecule has 3 aliphatic heterocycles. The van der Waals surface area contributed by atoms with Crippen molar-refractivity contribution in [3.8, 4) is 0 Å². The molecule has 5 fully saturated rings. The van der Waals surface area contributed by atoms with Crippen LogP contribution in [-0.2, 0) is 10.2 Å². The molecule has 3 N–H and O–H groups in total. The minimum atomic E-state index is -0.158. The van der Waals surface area contributed by atoms with Gasteiger partial charge >= 0.3 is 0 Å². The Hall–Kier alpha value is -1.10. The third kappa shape index (κ3) is 3.80. The fourth-order valence-corrected chi connectivity index (χ4v) is 8.04. The molecule has 2 saturated carbocycles. The van der Waals surface area contributed by atoms with Gasteiger partial charge in [-0.05, 0) is 30.2 Å². The van der Waals surface area contributed by atoms with Crippen LogP contribution in [-0.4, -0.2) is 48.6 Å². The summed E-state index contributed by atoms with van der Waals surface area (Å²) in [4.78, 5) is 18.2. The number of hydrogen-bond acceptors (Lipinski definition) is 2. The Morgan fingerprint density at radius 3 is 2.38 bits per heavy atom. The smallest absolute Gasteiger partial charge is 0.229 e. The normalized spacial score (nSPS) is 39.6. The van der Waals surface area contributed by atoms with Gasteiger partial charge in [-0.25, -0.2) is 0 Å². The third-order valence-corrected chi connectivity index (χ3v) is 9.53. The molecule has 178 valence electrons. The molecule has 5 aliphatic rings. The van der Waals surface area contributed by atoms with E-state index in [-0.39, 0.29) is 34.7 Å². The first-order valence-corrected chi connectivity index (χ1v) is 12.7. The topological polar surface area (TPSA) is 50.8 Å². The van der Waals surface area contributed by atoms with Crippen LogP contribution in [0.3, 0.4) is 0 Å². The summed E-state index contributed by atoms with van der Waals surface area (Å²) in [6.07, 6.45) is 9.27. The minimum absolute atomic E-state index is 0. The highest BCUT2D eigenvalue weighted by atomic mass is 35.5. The Bertz CT molecular complexity index is 809. The number of likely N-dealkylation sites (tertiary alicyclic amines) is 1. The van der Waals surface area contributed by atoms with Crippen LogP contribution in [0.5, 0.6) is 0 Å². The molecule has 3 heterocycles. The van der Waals surface area contributed by atoms with Crippen molar-refractivity contribution in [2.75, 3.05) is 19.6 Å². The summed E-state index contributed by atoms with van der Waals surface area (Å²) < 4.78 is 0. The second kappa shape index (κ2) is 8.60. The van der Waals surface area contributed by atoms with Crippen LogP contribution < -0.4 is 23.0 Å². The van der Waals surface area contributed by atoms with Crippen LogP contribution in [0, 0.1) is 10.8 Å². The molecular weight excluding hydrogens is 418 g/mol. The fraction of sp³-hybridized carbons (Fsp3) is 0.741. The minimum Gasteiger partial charge on any atom is -1.00 e. The number of rotatable bonds is 5. The van der Waals surface area contributed by atoms with Gasteiger partial charge < -0.3 is 27.9 Å². The van der Waals surface area contributed by atoms with Crippen molar-refractivity contribution in [2.45, 2.75) is 95.7 Å². The maximum Gasteiger partial charge on any atom is 0.229 e. The standard InChI is InChI=1S/C27H41N3O.ClH/c1-4-5-12-30-21-14-26(20-9-7-6-8-10-20)15-22(30)17-27(16-21,18-26)24(31)29-13-11-23(28)25(2,3)19-29;/h6-10,21-23H,4-5,11-19,28H2,1-3H3;1H/t21?,22?,23-,26?,27?;/m0./s1. The maximum absolute atomic E-state index is 14.2. The molecular formula is C27H42ClN3O. The third-order valence-electron chi connectivity index (χ3n) is 9.53. The number of benzene rings is 1. The van der Waals surface area contributed by atoms with E-state index in [1.54, 1.807) is 0 Å². The highest BCUT2D eigenvalue weighted by molar-refractivity contribution is 5.84. The summed E-state index contributed by atoms with van der Waals surface area (Å²) in [7, 11) is 0. The zero-order valence-corrected chi connectivity index (χ0v) is 21.0. The van der Waals surface area contributed by atoms with Crippen LogP contribution in [0.25, 0.3) is 0 Å². The number of nitrogens with two attached hydrogens (primary N) is 1. The van der Waals surface area contributed by atoms with Crippen LogP contribution in [0.2, 0.25) is 0 Å². The molecule has 1 aromatic carbocycles. The number of unbranched alkanes of at least 4 members (excludes halogenated alkanes) is 1. The van der Waals surface area contributed by atoms with Crippen molar-refractivity contribution >= 4 is 5.91 Å². The van der Waals surface area contributed by atoms with Crippen LogP contribution in [0.15, 0.2) is 30.3 Å². The number of nitrogens with zero attached hydrogens (tertiary/aromatic N) is 1. The Morgan fingerprint density at radius 1 is 1.12 bits per heavy atom. The average Bonchev–Trinajstić information content (AvgIpc) is 2.75. The Kier molecular flexibility index (Phi) is 6.46. The van der Waals surface area contributed by atoms with Gasteiger partial charge in [0.25, 0.3) is 0 Å². The monoisotopic (exact) mass is 459 g/mol. The number of quaternary nitrogens is 1. The molecule has 6 rings (SSSR count). The second-order valence-electron chi connectivity index (χ2n) is 12.1. The Morgan fingerprint density at radius 2 is 1.78 bits per heavy atom. The molecule has 4 nitrogen and oxygen atoms in total. The highest BCUT2D eigenvalue weighted by Gasteiger charge is 2.66. The predicted octanol–water partition coefficient (Wildman–Crippen LogP) is -0.0859. The van der Waals surface area contributed by atoms with Crippen molar-refractivity contribution < 1.29 is 22.1 Å². The van der Waals surface area contributed by atoms with Gasteiger partial charge in [0.1, 0.15) is 0 Å². The molecule has 0 spiro atoms. The van der Waals surface area contributed by atoms with Gasteiger partial charge in [0.2, 0.25) is 5.91 Å². The Balaban J connectivity index is 0.00000245. The lowest BCUT2D eigenvalue weighted by Crippen LogP contribution is -3.23. The van der Waals surface area contributed by atoms with E-state index in [4.69, 9.17) is 5.73 Å². The van der Waals surface area contributed by atoms with Crippen LogP contribution >= 0.6 is 0 Å². The van der Waals surface area contributed by atoms with E-state index >= 15 is 0 Å². The van der Waals surface area contributed by atoms with Crippen LogP contribution in [0.4, 0.5) is 0 Å². The number of hydrogen-bond donors (Lipinski definition) is 2. The zero-order chi connectivity index (χ0) is 21.9. The number of piperidine rings is 3. The van der Waals surface area contributed by atoms with Gasteiger partial charge in [0.15, 0.2) is 0 Å².